The summed E-state index contributed by atoms with van der Waals surface area (Å²) in [4.78, 5) is 11.5. The minimum Gasteiger partial charge on any atom is -0.466 e. The molecule has 0 fully saturated rings. The van der Waals surface area contributed by atoms with Crippen LogP contribution in [0, 0.1) is 18.6 Å². The van der Waals surface area contributed by atoms with Gasteiger partial charge in [0.1, 0.15) is 11.6 Å². The lowest BCUT2D eigenvalue weighted by molar-refractivity contribution is -0.143. The van der Waals surface area contributed by atoms with Gasteiger partial charge in [-0.1, -0.05) is 18.2 Å². The van der Waals surface area contributed by atoms with E-state index in [1.165, 1.54) is 31.2 Å². The number of hydrogen-bond acceptors (Lipinski definition) is 4. The SMILES string of the molecule is CCOC(=O)CCN(Cc1ccccc1F)S(=O)(=O)c1ccc(F)c(C)c1. The van der Waals surface area contributed by atoms with Gasteiger partial charge in [-0.15, -0.1) is 0 Å². The molecule has 0 saturated heterocycles. The van der Waals surface area contributed by atoms with E-state index >= 15 is 0 Å². The van der Waals surface area contributed by atoms with Gasteiger partial charge in [0.2, 0.25) is 10.0 Å². The van der Waals surface area contributed by atoms with Crippen molar-refractivity contribution < 1.29 is 26.7 Å². The number of rotatable bonds is 8. The highest BCUT2D eigenvalue weighted by Crippen LogP contribution is 2.22. The number of carbonyl (C=O) groups excluding carboxylic acids is 1. The molecule has 2 aromatic rings. The number of aryl methyl sites for hydroxylation is 1. The van der Waals surface area contributed by atoms with Crippen molar-refractivity contribution in [2.24, 2.45) is 0 Å². The van der Waals surface area contributed by atoms with Crippen LogP contribution in [0.3, 0.4) is 0 Å². The van der Waals surface area contributed by atoms with Crippen molar-refractivity contribution in [1.82, 2.24) is 4.31 Å². The minimum atomic E-state index is -4.07. The largest absolute Gasteiger partial charge is 0.466 e. The molecule has 0 radical (unpaired) electrons. The molecule has 146 valence electrons. The van der Waals surface area contributed by atoms with Crippen LogP contribution in [-0.4, -0.2) is 31.8 Å². The Bertz CT molecular complexity index is 916. The number of halogens is 2. The van der Waals surface area contributed by atoms with Gasteiger partial charge in [-0.05, 0) is 43.7 Å². The maximum Gasteiger partial charge on any atom is 0.307 e. The van der Waals surface area contributed by atoms with Gasteiger partial charge < -0.3 is 4.74 Å². The summed E-state index contributed by atoms with van der Waals surface area (Å²) in [7, 11) is -4.07. The number of nitrogens with zero attached hydrogens (tertiary/aromatic N) is 1. The van der Waals surface area contributed by atoms with Crippen LogP contribution in [0.1, 0.15) is 24.5 Å². The first kappa shape index (κ1) is 21.0. The standard InChI is InChI=1S/C19H21F2NO4S/c1-3-26-19(23)10-11-22(13-15-6-4-5-7-18(15)21)27(24,25)16-8-9-17(20)14(2)12-16/h4-9,12H,3,10-11,13H2,1-2H3. The number of hydrogen-bond donors (Lipinski definition) is 0. The Kier molecular flexibility index (Phi) is 7.04. The zero-order valence-corrected chi connectivity index (χ0v) is 15.9. The Balaban J connectivity index is 2.35. The smallest absolute Gasteiger partial charge is 0.307 e. The molecule has 0 aliphatic carbocycles. The summed E-state index contributed by atoms with van der Waals surface area (Å²) in [5.41, 5.74) is 0.344. The lowest BCUT2D eigenvalue weighted by atomic mass is 10.2. The number of ether oxygens (including phenoxy) is 1. The van der Waals surface area contributed by atoms with Crippen molar-refractivity contribution in [3.05, 3.63) is 65.2 Å². The second-order valence-electron chi connectivity index (χ2n) is 5.90. The molecule has 0 unspecified atom stereocenters. The van der Waals surface area contributed by atoms with Crippen LogP contribution in [0.25, 0.3) is 0 Å². The fourth-order valence-electron chi connectivity index (χ4n) is 2.48. The molecule has 2 rings (SSSR count). The number of sulfonamides is 1. The van der Waals surface area contributed by atoms with Crippen LogP contribution in [0.4, 0.5) is 8.78 Å². The molecule has 27 heavy (non-hydrogen) atoms. The van der Waals surface area contributed by atoms with Gasteiger partial charge in [0, 0.05) is 18.7 Å². The van der Waals surface area contributed by atoms with E-state index in [-0.39, 0.29) is 42.1 Å². The van der Waals surface area contributed by atoms with Gasteiger partial charge in [-0.2, -0.15) is 4.31 Å². The quantitative estimate of drug-likeness (QED) is 0.641. The molecule has 0 amide bonds. The Morgan fingerprint density at radius 1 is 1.11 bits per heavy atom. The molecule has 0 aliphatic heterocycles. The van der Waals surface area contributed by atoms with E-state index in [1.807, 2.05) is 0 Å². The van der Waals surface area contributed by atoms with Crippen LogP contribution in [-0.2, 0) is 26.1 Å². The fourth-order valence-corrected chi connectivity index (χ4v) is 3.98. The summed E-state index contributed by atoms with van der Waals surface area (Å²) < 4.78 is 59.4. The topological polar surface area (TPSA) is 63.7 Å². The van der Waals surface area contributed by atoms with E-state index in [1.54, 1.807) is 13.0 Å². The Morgan fingerprint density at radius 3 is 2.44 bits per heavy atom. The average molecular weight is 397 g/mol. The molecule has 0 heterocycles. The van der Waals surface area contributed by atoms with Crippen molar-refractivity contribution in [2.45, 2.75) is 31.7 Å². The molecule has 0 spiro atoms. The lowest BCUT2D eigenvalue weighted by Crippen LogP contribution is -2.33. The van der Waals surface area contributed by atoms with Crippen molar-refractivity contribution in [2.75, 3.05) is 13.2 Å². The third-order valence-electron chi connectivity index (χ3n) is 3.94. The summed E-state index contributed by atoms with van der Waals surface area (Å²) in [6.07, 6.45) is -0.179. The molecule has 0 aromatic heterocycles. The molecule has 0 atom stereocenters. The fraction of sp³-hybridized carbons (Fsp3) is 0.316. The predicted octanol–water partition coefficient (Wildman–Crippen LogP) is 3.42. The van der Waals surface area contributed by atoms with Gasteiger partial charge in [-0.25, -0.2) is 17.2 Å². The van der Waals surface area contributed by atoms with E-state index in [0.717, 1.165) is 16.4 Å². The molecule has 0 N–H and O–H groups in total. The summed E-state index contributed by atoms with van der Waals surface area (Å²) >= 11 is 0. The van der Waals surface area contributed by atoms with Crippen LogP contribution in [0.15, 0.2) is 47.4 Å². The molecule has 0 bridgehead atoms. The van der Waals surface area contributed by atoms with E-state index in [4.69, 9.17) is 4.74 Å². The monoisotopic (exact) mass is 397 g/mol. The third kappa shape index (κ3) is 5.33. The van der Waals surface area contributed by atoms with Crippen molar-refractivity contribution in [1.29, 1.82) is 0 Å². The maximum atomic E-state index is 14.0. The van der Waals surface area contributed by atoms with Crippen LogP contribution < -0.4 is 0 Å². The maximum absolute atomic E-state index is 14.0. The van der Waals surface area contributed by atoms with E-state index in [9.17, 15) is 22.0 Å². The highest BCUT2D eigenvalue weighted by atomic mass is 32.2. The molecule has 8 heteroatoms. The molecular formula is C19H21F2NO4S. The molecule has 2 aromatic carbocycles. The third-order valence-corrected chi connectivity index (χ3v) is 5.78. The Morgan fingerprint density at radius 2 is 1.81 bits per heavy atom. The van der Waals surface area contributed by atoms with Gasteiger partial charge in [-0.3, -0.25) is 4.79 Å². The number of esters is 1. The normalized spacial score (nSPS) is 11.6. The minimum absolute atomic E-state index is 0.124. The molecule has 0 saturated carbocycles. The lowest BCUT2D eigenvalue weighted by Gasteiger charge is -2.22. The summed E-state index contributed by atoms with van der Waals surface area (Å²) in [6.45, 7) is 2.83. The Labute approximate surface area is 157 Å². The van der Waals surface area contributed by atoms with Crippen molar-refractivity contribution in [3.63, 3.8) is 0 Å². The van der Waals surface area contributed by atoms with Crippen molar-refractivity contribution >= 4 is 16.0 Å². The highest BCUT2D eigenvalue weighted by molar-refractivity contribution is 7.89. The zero-order chi connectivity index (χ0) is 20.0. The number of benzene rings is 2. The first-order chi connectivity index (χ1) is 12.8. The second-order valence-corrected chi connectivity index (χ2v) is 7.83. The molecular weight excluding hydrogens is 376 g/mol. The van der Waals surface area contributed by atoms with Crippen LogP contribution in [0.2, 0.25) is 0 Å². The number of carbonyl (C=O) groups is 1. The van der Waals surface area contributed by atoms with Gasteiger partial charge in [0.05, 0.1) is 17.9 Å². The van der Waals surface area contributed by atoms with Crippen LogP contribution in [0.5, 0.6) is 0 Å². The summed E-state index contributed by atoms with van der Waals surface area (Å²) in [5.74, 6) is -1.63. The zero-order valence-electron chi connectivity index (χ0n) is 15.1. The van der Waals surface area contributed by atoms with E-state index in [0.29, 0.717) is 0 Å². The second kappa shape index (κ2) is 9.05. The first-order valence-electron chi connectivity index (χ1n) is 8.41. The first-order valence-corrected chi connectivity index (χ1v) is 9.85. The van der Waals surface area contributed by atoms with Crippen molar-refractivity contribution in [3.8, 4) is 0 Å². The van der Waals surface area contributed by atoms with Gasteiger partial charge in [0.25, 0.3) is 0 Å². The van der Waals surface area contributed by atoms with E-state index < -0.39 is 27.6 Å². The predicted molar refractivity (Wildman–Crippen MR) is 96.4 cm³/mol. The average Bonchev–Trinajstić information content (AvgIpc) is 2.62. The Hall–Kier alpha value is -2.32. The van der Waals surface area contributed by atoms with Gasteiger partial charge >= 0.3 is 5.97 Å². The van der Waals surface area contributed by atoms with Gasteiger partial charge in [0.15, 0.2) is 0 Å². The highest BCUT2D eigenvalue weighted by Gasteiger charge is 2.27. The molecule has 5 nitrogen and oxygen atoms in total. The molecule has 0 aliphatic rings. The van der Waals surface area contributed by atoms with Crippen LogP contribution >= 0.6 is 0 Å². The summed E-state index contributed by atoms with van der Waals surface area (Å²) in [5, 5.41) is 0. The summed E-state index contributed by atoms with van der Waals surface area (Å²) in [6, 6.07) is 9.22. The van der Waals surface area contributed by atoms with E-state index in [2.05, 4.69) is 0 Å².